The maximum atomic E-state index is 6.01. The Hall–Kier alpha value is -0.530. The first-order valence-electron chi connectivity index (χ1n) is 8.15. The lowest BCUT2D eigenvalue weighted by Gasteiger charge is -2.35. The molecule has 2 heteroatoms. The van der Waals surface area contributed by atoms with Crippen molar-refractivity contribution in [2.24, 2.45) is 11.3 Å². The predicted molar refractivity (Wildman–Crippen MR) is 86.1 cm³/mol. The molecule has 3 rings (SSSR count). The highest BCUT2D eigenvalue weighted by Crippen LogP contribution is 2.42. The van der Waals surface area contributed by atoms with Crippen LogP contribution in [0.3, 0.4) is 0 Å². The smallest absolute Gasteiger partial charge is 0.0406 e. The molecule has 1 nitrogen and oxygen atoms in total. The molecular weight excluding hydrogens is 266 g/mol. The average molecular weight is 292 g/mol. The maximum Gasteiger partial charge on any atom is 0.0406 e. The molecule has 1 atom stereocenters. The van der Waals surface area contributed by atoms with Gasteiger partial charge in [0.15, 0.2) is 0 Å². The Balaban J connectivity index is 1.64. The van der Waals surface area contributed by atoms with E-state index in [1.807, 2.05) is 12.1 Å². The van der Waals surface area contributed by atoms with Crippen molar-refractivity contribution in [3.63, 3.8) is 0 Å². The molecule has 1 N–H and O–H groups in total. The molecule has 1 aromatic carbocycles. The SMILES string of the molecule is CC1(CNC(c2ccc(Cl)cc2)C2CC2)CCCCC1. The summed E-state index contributed by atoms with van der Waals surface area (Å²) in [6.07, 6.45) is 9.77. The summed E-state index contributed by atoms with van der Waals surface area (Å²) >= 11 is 6.01. The largest absolute Gasteiger partial charge is 0.309 e. The van der Waals surface area contributed by atoms with Crippen LogP contribution < -0.4 is 5.32 Å². The third kappa shape index (κ3) is 3.56. The molecule has 0 radical (unpaired) electrons. The fraction of sp³-hybridized carbons (Fsp3) is 0.667. The van der Waals surface area contributed by atoms with Gasteiger partial charge in [0.2, 0.25) is 0 Å². The summed E-state index contributed by atoms with van der Waals surface area (Å²) in [4.78, 5) is 0. The molecule has 110 valence electrons. The first-order valence-corrected chi connectivity index (χ1v) is 8.53. The zero-order valence-electron chi connectivity index (χ0n) is 12.5. The molecule has 20 heavy (non-hydrogen) atoms. The predicted octanol–water partition coefficient (Wildman–Crippen LogP) is 5.35. The van der Waals surface area contributed by atoms with Gasteiger partial charge in [-0.3, -0.25) is 0 Å². The summed E-state index contributed by atoms with van der Waals surface area (Å²) in [5, 5.41) is 4.72. The molecule has 2 fully saturated rings. The first-order chi connectivity index (χ1) is 9.66. The van der Waals surface area contributed by atoms with E-state index in [0.29, 0.717) is 11.5 Å². The quantitative estimate of drug-likeness (QED) is 0.771. The van der Waals surface area contributed by atoms with Gasteiger partial charge >= 0.3 is 0 Å². The van der Waals surface area contributed by atoms with Gasteiger partial charge in [0.25, 0.3) is 0 Å². The molecule has 2 aliphatic rings. The van der Waals surface area contributed by atoms with Crippen molar-refractivity contribution in [1.82, 2.24) is 5.32 Å². The third-order valence-corrected chi connectivity index (χ3v) is 5.38. The van der Waals surface area contributed by atoms with Crippen molar-refractivity contribution in [2.45, 2.75) is 57.9 Å². The lowest BCUT2D eigenvalue weighted by Crippen LogP contribution is -2.36. The standard InChI is InChI=1S/C18H26ClN/c1-18(11-3-2-4-12-18)13-20-17(14-5-6-14)15-7-9-16(19)10-8-15/h7-10,14,17,20H,2-6,11-13H2,1H3. The molecule has 1 aromatic rings. The van der Waals surface area contributed by atoms with E-state index >= 15 is 0 Å². The van der Waals surface area contributed by atoms with E-state index in [9.17, 15) is 0 Å². The van der Waals surface area contributed by atoms with E-state index in [0.717, 1.165) is 17.5 Å². The summed E-state index contributed by atoms with van der Waals surface area (Å²) in [6, 6.07) is 8.97. The van der Waals surface area contributed by atoms with Crippen LogP contribution in [0.4, 0.5) is 0 Å². The fourth-order valence-corrected chi connectivity index (χ4v) is 3.72. The van der Waals surface area contributed by atoms with E-state index in [-0.39, 0.29) is 0 Å². The highest BCUT2D eigenvalue weighted by Gasteiger charge is 2.34. The topological polar surface area (TPSA) is 12.0 Å². The number of hydrogen-bond acceptors (Lipinski definition) is 1. The van der Waals surface area contributed by atoms with Gasteiger partial charge in [-0.2, -0.15) is 0 Å². The summed E-state index contributed by atoms with van der Waals surface area (Å²) in [7, 11) is 0. The van der Waals surface area contributed by atoms with Crippen LogP contribution in [0, 0.1) is 11.3 Å². The number of benzene rings is 1. The summed E-state index contributed by atoms with van der Waals surface area (Å²) in [5.74, 6) is 0.836. The molecular formula is C18H26ClN. The monoisotopic (exact) mass is 291 g/mol. The highest BCUT2D eigenvalue weighted by atomic mass is 35.5. The number of nitrogens with one attached hydrogen (secondary N) is 1. The van der Waals surface area contributed by atoms with Gasteiger partial charge in [0.1, 0.15) is 0 Å². The van der Waals surface area contributed by atoms with Gasteiger partial charge in [0.05, 0.1) is 0 Å². The van der Waals surface area contributed by atoms with Crippen LogP contribution in [0.25, 0.3) is 0 Å². The first kappa shape index (κ1) is 14.4. The number of rotatable bonds is 5. The zero-order valence-corrected chi connectivity index (χ0v) is 13.3. The molecule has 0 spiro atoms. The van der Waals surface area contributed by atoms with Gasteiger partial charge in [0, 0.05) is 17.6 Å². The molecule has 0 heterocycles. The Morgan fingerprint density at radius 1 is 1.15 bits per heavy atom. The third-order valence-electron chi connectivity index (χ3n) is 5.13. The normalized spacial score (nSPS) is 23.5. The lowest BCUT2D eigenvalue weighted by molar-refractivity contribution is 0.197. The van der Waals surface area contributed by atoms with E-state index in [1.165, 1.54) is 50.5 Å². The maximum absolute atomic E-state index is 6.01. The molecule has 1 unspecified atom stereocenters. The second-order valence-electron chi connectivity index (χ2n) is 7.12. The summed E-state index contributed by atoms with van der Waals surface area (Å²) in [6.45, 7) is 3.63. The molecule has 2 saturated carbocycles. The van der Waals surface area contributed by atoms with Crippen molar-refractivity contribution in [1.29, 1.82) is 0 Å². The Bertz CT molecular complexity index is 429. The lowest BCUT2D eigenvalue weighted by atomic mass is 9.75. The van der Waals surface area contributed by atoms with Crippen LogP contribution in [-0.2, 0) is 0 Å². The minimum atomic E-state index is 0.512. The van der Waals surface area contributed by atoms with E-state index in [2.05, 4.69) is 24.4 Å². The number of hydrogen-bond donors (Lipinski definition) is 1. The minimum absolute atomic E-state index is 0.512. The van der Waals surface area contributed by atoms with Crippen molar-refractivity contribution in [3.8, 4) is 0 Å². The Morgan fingerprint density at radius 3 is 2.40 bits per heavy atom. The molecule has 0 bridgehead atoms. The van der Waals surface area contributed by atoms with Crippen LogP contribution in [0.1, 0.15) is 63.5 Å². The molecule has 0 amide bonds. The van der Waals surface area contributed by atoms with Gasteiger partial charge in [-0.1, -0.05) is 49.9 Å². The molecule has 2 aliphatic carbocycles. The van der Waals surface area contributed by atoms with Crippen molar-refractivity contribution < 1.29 is 0 Å². The van der Waals surface area contributed by atoms with Crippen LogP contribution in [-0.4, -0.2) is 6.54 Å². The second-order valence-corrected chi connectivity index (χ2v) is 7.56. The Labute approximate surface area is 128 Å². The van der Waals surface area contributed by atoms with Crippen LogP contribution in [0.15, 0.2) is 24.3 Å². The minimum Gasteiger partial charge on any atom is -0.309 e. The molecule has 0 saturated heterocycles. The van der Waals surface area contributed by atoms with Crippen molar-refractivity contribution in [2.75, 3.05) is 6.54 Å². The van der Waals surface area contributed by atoms with Gasteiger partial charge in [-0.25, -0.2) is 0 Å². The summed E-state index contributed by atoms with van der Waals surface area (Å²) < 4.78 is 0. The summed E-state index contributed by atoms with van der Waals surface area (Å²) in [5.41, 5.74) is 1.92. The van der Waals surface area contributed by atoms with Gasteiger partial charge < -0.3 is 5.32 Å². The van der Waals surface area contributed by atoms with Gasteiger partial charge in [-0.05, 0) is 54.7 Å². The van der Waals surface area contributed by atoms with Gasteiger partial charge in [-0.15, -0.1) is 0 Å². The average Bonchev–Trinajstić information content (AvgIpc) is 3.26. The number of halogens is 1. The van der Waals surface area contributed by atoms with Crippen LogP contribution in [0.5, 0.6) is 0 Å². The molecule has 0 aromatic heterocycles. The van der Waals surface area contributed by atoms with Crippen molar-refractivity contribution in [3.05, 3.63) is 34.9 Å². The van der Waals surface area contributed by atoms with Crippen molar-refractivity contribution >= 4 is 11.6 Å². The zero-order chi connectivity index (χ0) is 14.0. The van der Waals surface area contributed by atoms with Crippen LogP contribution in [0.2, 0.25) is 5.02 Å². The highest BCUT2D eigenvalue weighted by molar-refractivity contribution is 6.30. The Morgan fingerprint density at radius 2 is 1.80 bits per heavy atom. The molecule has 0 aliphatic heterocycles. The second kappa shape index (κ2) is 6.07. The van der Waals surface area contributed by atoms with E-state index in [4.69, 9.17) is 11.6 Å². The van der Waals surface area contributed by atoms with Crippen LogP contribution >= 0.6 is 11.6 Å². The van der Waals surface area contributed by atoms with E-state index in [1.54, 1.807) is 0 Å². The fourth-order valence-electron chi connectivity index (χ4n) is 3.59. The Kier molecular flexibility index (Phi) is 4.37. The van der Waals surface area contributed by atoms with E-state index < -0.39 is 0 Å².